The summed E-state index contributed by atoms with van der Waals surface area (Å²) in [5.74, 6) is -0.792. The molecule has 1 unspecified atom stereocenters. The van der Waals surface area contributed by atoms with E-state index in [0.29, 0.717) is 16.4 Å². The number of nitrogen functional groups attached to an aromatic ring is 1. The number of carbonyl (C=O) groups excluding carboxylic acids is 2. The van der Waals surface area contributed by atoms with Gasteiger partial charge in [-0.3, -0.25) is 9.59 Å². The molecule has 0 aliphatic rings. The Morgan fingerprint density at radius 1 is 1.42 bits per heavy atom. The van der Waals surface area contributed by atoms with E-state index in [0.717, 1.165) is 0 Å². The number of ketones is 1. The van der Waals surface area contributed by atoms with Gasteiger partial charge in [-0.2, -0.15) is 0 Å². The quantitative estimate of drug-likeness (QED) is 0.676. The summed E-state index contributed by atoms with van der Waals surface area (Å²) in [4.78, 5) is 25.3. The second kappa shape index (κ2) is 6.03. The normalized spacial score (nSPS) is 12.5. The van der Waals surface area contributed by atoms with Crippen LogP contribution in [0.15, 0.2) is 0 Å². The first kappa shape index (κ1) is 15.5. The number of Topliss-reactive ketones (excluding diaryl/α,β-unsaturated/α-hetero) is 1. The van der Waals surface area contributed by atoms with Crippen LogP contribution in [0.3, 0.4) is 0 Å². The van der Waals surface area contributed by atoms with Crippen molar-refractivity contribution in [2.45, 2.75) is 19.9 Å². The maximum atomic E-state index is 11.4. The van der Waals surface area contributed by atoms with Crippen molar-refractivity contribution in [3.05, 3.63) is 10.4 Å². The Kier molecular flexibility index (Phi) is 4.90. The zero-order valence-electron chi connectivity index (χ0n) is 11.6. The smallest absolute Gasteiger partial charge is 0.253 e. The molecule has 0 spiro atoms. The fourth-order valence-electron chi connectivity index (χ4n) is 1.50. The first-order valence-electron chi connectivity index (χ1n) is 5.89. The minimum absolute atomic E-state index is 0.168. The van der Waals surface area contributed by atoms with Crippen LogP contribution in [-0.4, -0.2) is 43.3 Å². The van der Waals surface area contributed by atoms with Crippen molar-refractivity contribution in [3.63, 3.8) is 0 Å². The summed E-state index contributed by atoms with van der Waals surface area (Å²) in [7, 11) is 3.93. The number of primary amides is 1. The number of hydrogen-bond donors (Lipinski definition) is 3. The summed E-state index contributed by atoms with van der Waals surface area (Å²) in [5.41, 5.74) is 11.5. The van der Waals surface area contributed by atoms with Gasteiger partial charge in [0.1, 0.15) is 5.00 Å². The Morgan fingerprint density at radius 3 is 2.42 bits per heavy atom. The molecule has 6 nitrogen and oxygen atoms in total. The molecule has 106 valence electrons. The summed E-state index contributed by atoms with van der Waals surface area (Å²) in [6.45, 7) is 4.09. The molecule has 1 aromatic rings. The highest BCUT2D eigenvalue weighted by Crippen LogP contribution is 2.35. The molecule has 0 radical (unpaired) electrons. The highest BCUT2D eigenvalue weighted by Gasteiger charge is 2.22. The minimum atomic E-state index is -0.624. The Bertz CT molecular complexity index is 496. The Hall–Kier alpha value is -1.60. The molecule has 1 atom stereocenters. The summed E-state index contributed by atoms with van der Waals surface area (Å²) < 4.78 is 0. The van der Waals surface area contributed by atoms with Crippen LogP contribution in [0.5, 0.6) is 0 Å². The standard InChI is InChI=1S/C12H20N4O2S/c1-6(16(3)4)5-15-12-8(11(14)18)9(13)10(19-12)7(2)17/h6,15H,5,13H2,1-4H3,(H2,14,18). The molecule has 0 saturated heterocycles. The highest BCUT2D eigenvalue weighted by atomic mass is 32.1. The number of nitrogens with zero attached hydrogens (tertiary/aromatic N) is 1. The van der Waals surface area contributed by atoms with Crippen molar-refractivity contribution >= 4 is 33.7 Å². The molecule has 0 aliphatic heterocycles. The van der Waals surface area contributed by atoms with Crippen LogP contribution in [0.25, 0.3) is 0 Å². The van der Waals surface area contributed by atoms with Crippen LogP contribution in [0, 0.1) is 0 Å². The molecule has 1 heterocycles. The fraction of sp³-hybridized carbons (Fsp3) is 0.500. The number of nitrogens with two attached hydrogens (primary N) is 2. The van der Waals surface area contributed by atoms with Gasteiger partial charge in [-0.15, -0.1) is 11.3 Å². The molecule has 5 N–H and O–H groups in total. The average molecular weight is 284 g/mol. The van der Waals surface area contributed by atoms with Crippen LogP contribution in [0.1, 0.15) is 33.9 Å². The van der Waals surface area contributed by atoms with Gasteiger partial charge in [-0.1, -0.05) is 0 Å². The summed E-state index contributed by atoms with van der Waals surface area (Å²) in [6.07, 6.45) is 0. The average Bonchev–Trinajstić information content (AvgIpc) is 2.62. The topological polar surface area (TPSA) is 101 Å². The van der Waals surface area contributed by atoms with Gasteiger partial charge in [0, 0.05) is 19.5 Å². The number of thiophene rings is 1. The second-order valence-electron chi connectivity index (χ2n) is 4.66. The molecule has 19 heavy (non-hydrogen) atoms. The van der Waals surface area contributed by atoms with Crippen LogP contribution < -0.4 is 16.8 Å². The summed E-state index contributed by atoms with van der Waals surface area (Å²) in [6, 6.07) is 0.268. The van der Waals surface area contributed by atoms with Gasteiger partial charge in [0.15, 0.2) is 5.78 Å². The zero-order chi connectivity index (χ0) is 14.7. The van der Waals surface area contributed by atoms with Crippen molar-refractivity contribution < 1.29 is 9.59 Å². The van der Waals surface area contributed by atoms with Gasteiger partial charge in [-0.05, 0) is 21.0 Å². The number of amides is 1. The van der Waals surface area contributed by atoms with E-state index in [4.69, 9.17) is 11.5 Å². The number of nitrogens with one attached hydrogen (secondary N) is 1. The lowest BCUT2D eigenvalue weighted by Crippen LogP contribution is -2.31. The number of anilines is 2. The van der Waals surface area contributed by atoms with Crippen LogP contribution >= 0.6 is 11.3 Å². The predicted octanol–water partition coefficient (Wildman–Crippen LogP) is 0.994. The molecule has 1 amide bonds. The zero-order valence-corrected chi connectivity index (χ0v) is 12.4. The van der Waals surface area contributed by atoms with Crippen molar-refractivity contribution in [2.75, 3.05) is 31.7 Å². The van der Waals surface area contributed by atoms with Crippen molar-refractivity contribution in [2.24, 2.45) is 5.73 Å². The van der Waals surface area contributed by atoms with Gasteiger partial charge < -0.3 is 21.7 Å². The third-order valence-corrected chi connectivity index (χ3v) is 4.21. The predicted molar refractivity (Wildman–Crippen MR) is 78.9 cm³/mol. The number of likely N-dealkylation sites (N-methyl/N-ethyl adjacent to an activating group) is 1. The Labute approximate surface area is 116 Å². The van der Waals surface area contributed by atoms with E-state index >= 15 is 0 Å². The van der Waals surface area contributed by atoms with E-state index < -0.39 is 5.91 Å². The molecule has 0 aliphatic carbocycles. The molecular weight excluding hydrogens is 264 g/mol. The van der Waals surface area contributed by atoms with Gasteiger partial charge in [0.2, 0.25) is 0 Å². The van der Waals surface area contributed by atoms with Gasteiger partial charge in [0.05, 0.1) is 16.1 Å². The van der Waals surface area contributed by atoms with E-state index in [2.05, 4.69) is 5.32 Å². The summed E-state index contributed by atoms with van der Waals surface area (Å²) >= 11 is 1.17. The highest BCUT2D eigenvalue weighted by molar-refractivity contribution is 7.19. The van der Waals surface area contributed by atoms with E-state index in [9.17, 15) is 9.59 Å². The minimum Gasteiger partial charge on any atom is -0.397 e. The number of rotatable bonds is 6. The van der Waals surface area contributed by atoms with Gasteiger partial charge in [-0.25, -0.2) is 0 Å². The van der Waals surface area contributed by atoms with Crippen LogP contribution in [0.2, 0.25) is 0 Å². The molecular formula is C12H20N4O2S. The van der Waals surface area contributed by atoms with Crippen LogP contribution in [-0.2, 0) is 0 Å². The molecule has 0 bridgehead atoms. The number of carbonyl (C=O) groups is 2. The largest absolute Gasteiger partial charge is 0.397 e. The molecule has 0 aromatic carbocycles. The second-order valence-corrected chi connectivity index (χ2v) is 5.68. The first-order chi connectivity index (χ1) is 8.75. The van der Waals surface area contributed by atoms with Gasteiger partial charge >= 0.3 is 0 Å². The van der Waals surface area contributed by atoms with Crippen LogP contribution in [0.4, 0.5) is 10.7 Å². The van der Waals surface area contributed by atoms with Crippen molar-refractivity contribution in [3.8, 4) is 0 Å². The summed E-state index contributed by atoms with van der Waals surface area (Å²) in [5, 5.41) is 3.69. The molecule has 1 rings (SSSR count). The molecule has 1 aromatic heterocycles. The van der Waals surface area contributed by atoms with Gasteiger partial charge in [0.25, 0.3) is 5.91 Å². The van der Waals surface area contributed by atoms with Crippen molar-refractivity contribution in [1.82, 2.24) is 4.90 Å². The lowest BCUT2D eigenvalue weighted by molar-refractivity contribution is 0.100. The monoisotopic (exact) mass is 284 g/mol. The Balaban J connectivity index is 3.03. The van der Waals surface area contributed by atoms with E-state index in [1.165, 1.54) is 18.3 Å². The SMILES string of the molecule is CC(=O)c1sc(NCC(C)N(C)C)c(C(N)=O)c1N. The molecule has 0 saturated carbocycles. The lowest BCUT2D eigenvalue weighted by atomic mass is 10.2. The third-order valence-electron chi connectivity index (χ3n) is 2.95. The lowest BCUT2D eigenvalue weighted by Gasteiger charge is -2.20. The molecule has 7 heteroatoms. The van der Waals surface area contributed by atoms with E-state index in [1.807, 2.05) is 25.9 Å². The number of hydrogen-bond acceptors (Lipinski definition) is 6. The first-order valence-corrected chi connectivity index (χ1v) is 6.70. The van der Waals surface area contributed by atoms with Crippen molar-refractivity contribution in [1.29, 1.82) is 0 Å². The Morgan fingerprint density at radius 2 is 2.00 bits per heavy atom. The fourth-order valence-corrected chi connectivity index (χ4v) is 2.53. The maximum absolute atomic E-state index is 11.4. The third kappa shape index (κ3) is 3.45. The van der Waals surface area contributed by atoms with E-state index in [1.54, 1.807) is 0 Å². The molecule has 0 fully saturated rings. The van der Waals surface area contributed by atoms with E-state index in [-0.39, 0.29) is 23.1 Å². The maximum Gasteiger partial charge on any atom is 0.253 e.